The molecule has 28 heavy (non-hydrogen) atoms. The van der Waals surface area contributed by atoms with Crippen LogP contribution in [0.1, 0.15) is 16.9 Å². The van der Waals surface area contributed by atoms with Gasteiger partial charge in [0.1, 0.15) is 0 Å². The average Bonchev–Trinajstić information content (AvgIpc) is 3.03. The molecule has 0 radical (unpaired) electrons. The van der Waals surface area contributed by atoms with Crippen molar-refractivity contribution in [2.45, 2.75) is 24.3 Å². The van der Waals surface area contributed by atoms with E-state index in [9.17, 15) is 13.2 Å². The zero-order valence-corrected chi connectivity index (χ0v) is 17.2. The highest BCUT2D eigenvalue weighted by molar-refractivity contribution is 7.89. The number of amides is 1. The average molecular weight is 423 g/mol. The smallest absolute Gasteiger partial charge is 0.243 e. The third kappa shape index (κ3) is 3.74. The van der Waals surface area contributed by atoms with E-state index in [0.29, 0.717) is 37.8 Å². The predicted octanol–water partition coefficient (Wildman–Crippen LogP) is 2.11. The lowest BCUT2D eigenvalue weighted by atomic mass is 10.1. The highest BCUT2D eigenvalue weighted by Gasteiger charge is 2.28. The lowest BCUT2D eigenvalue weighted by Gasteiger charge is -2.28. The molecule has 2 aliphatic rings. The molecule has 4 rings (SSSR count). The highest BCUT2D eigenvalue weighted by Crippen LogP contribution is 2.32. The van der Waals surface area contributed by atoms with Crippen LogP contribution in [0.4, 0.5) is 0 Å². The van der Waals surface area contributed by atoms with Gasteiger partial charge in [0, 0.05) is 37.5 Å². The first kappa shape index (κ1) is 19.2. The van der Waals surface area contributed by atoms with Crippen molar-refractivity contribution < 1.29 is 22.7 Å². The summed E-state index contributed by atoms with van der Waals surface area (Å²) in [6, 6.07) is 6.58. The van der Waals surface area contributed by atoms with Gasteiger partial charge in [-0.2, -0.15) is 4.31 Å². The molecule has 0 bridgehead atoms. The number of likely N-dealkylation sites (N-methyl/N-ethyl adjacent to an activating group) is 1. The van der Waals surface area contributed by atoms with Gasteiger partial charge in [-0.1, -0.05) is 0 Å². The van der Waals surface area contributed by atoms with Crippen LogP contribution in [0.3, 0.4) is 0 Å². The molecule has 1 amide bonds. The van der Waals surface area contributed by atoms with Crippen molar-refractivity contribution in [3.63, 3.8) is 0 Å². The van der Waals surface area contributed by atoms with E-state index in [0.717, 1.165) is 22.7 Å². The molecule has 0 spiro atoms. The van der Waals surface area contributed by atoms with Gasteiger partial charge in [0.25, 0.3) is 0 Å². The Morgan fingerprint density at radius 1 is 1.21 bits per heavy atom. The summed E-state index contributed by atoms with van der Waals surface area (Å²) in [5, 5.41) is 2.03. The SMILES string of the molecule is CN(CC(=O)N1CCc2sccc2C1)S(=O)(=O)c1ccc2c(c1)OCCCO2. The van der Waals surface area contributed by atoms with Gasteiger partial charge in [-0.3, -0.25) is 4.79 Å². The van der Waals surface area contributed by atoms with Gasteiger partial charge in [-0.15, -0.1) is 11.3 Å². The maximum atomic E-state index is 12.9. The number of benzene rings is 1. The number of hydrogen-bond acceptors (Lipinski definition) is 6. The Morgan fingerprint density at radius 3 is 2.82 bits per heavy atom. The predicted molar refractivity (Wildman–Crippen MR) is 105 cm³/mol. The Balaban J connectivity index is 1.47. The summed E-state index contributed by atoms with van der Waals surface area (Å²) in [5.74, 6) is 0.756. The molecule has 0 saturated carbocycles. The first-order valence-corrected chi connectivity index (χ1v) is 11.5. The molecular formula is C19H22N2O5S2. The zero-order valence-electron chi connectivity index (χ0n) is 15.6. The number of nitrogens with zero attached hydrogens (tertiary/aromatic N) is 2. The summed E-state index contributed by atoms with van der Waals surface area (Å²) in [4.78, 5) is 15.8. The van der Waals surface area contributed by atoms with Gasteiger partial charge in [0.2, 0.25) is 15.9 Å². The number of rotatable bonds is 4. The normalized spacial score (nSPS) is 16.6. The molecule has 0 saturated heterocycles. The van der Waals surface area contributed by atoms with Crippen molar-refractivity contribution in [1.82, 2.24) is 9.21 Å². The number of fused-ring (bicyclic) bond motifs is 2. The van der Waals surface area contributed by atoms with Crippen LogP contribution in [-0.2, 0) is 27.8 Å². The van der Waals surface area contributed by atoms with E-state index >= 15 is 0 Å². The van der Waals surface area contributed by atoms with Crippen LogP contribution >= 0.6 is 11.3 Å². The molecule has 0 fully saturated rings. The second kappa shape index (κ2) is 7.73. The van der Waals surface area contributed by atoms with Crippen LogP contribution in [0.2, 0.25) is 0 Å². The second-order valence-corrected chi connectivity index (χ2v) is 9.90. The molecular weight excluding hydrogens is 400 g/mol. The van der Waals surface area contributed by atoms with E-state index in [1.54, 1.807) is 22.3 Å². The molecule has 150 valence electrons. The minimum Gasteiger partial charge on any atom is -0.490 e. The van der Waals surface area contributed by atoms with Gasteiger partial charge < -0.3 is 14.4 Å². The Bertz CT molecular complexity index is 986. The second-order valence-electron chi connectivity index (χ2n) is 6.85. The van der Waals surface area contributed by atoms with Gasteiger partial charge in [0.15, 0.2) is 11.5 Å². The number of carbonyl (C=O) groups excluding carboxylic acids is 1. The Labute approximate surface area is 168 Å². The molecule has 0 atom stereocenters. The van der Waals surface area contributed by atoms with Crippen molar-refractivity contribution in [3.8, 4) is 11.5 Å². The van der Waals surface area contributed by atoms with Crippen molar-refractivity contribution in [3.05, 3.63) is 40.1 Å². The lowest BCUT2D eigenvalue weighted by molar-refractivity contribution is -0.132. The van der Waals surface area contributed by atoms with Crippen molar-refractivity contribution in [2.75, 3.05) is 33.4 Å². The van der Waals surface area contributed by atoms with Crippen LogP contribution in [0.5, 0.6) is 11.5 Å². The molecule has 0 N–H and O–H groups in total. The fourth-order valence-corrected chi connectivity index (χ4v) is 5.35. The maximum absolute atomic E-state index is 12.9. The van der Waals surface area contributed by atoms with Crippen LogP contribution < -0.4 is 9.47 Å². The van der Waals surface area contributed by atoms with Gasteiger partial charge in [0.05, 0.1) is 24.7 Å². The third-order valence-electron chi connectivity index (χ3n) is 4.95. The van der Waals surface area contributed by atoms with Crippen LogP contribution in [0, 0.1) is 0 Å². The van der Waals surface area contributed by atoms with Crippen molar-refractivity contribution in [1.29, 1.82) is 0 Å². The van der Waals surface area contributed by atoms with E-state index in [1.165, 1.54) is 24.1 Å². The largest absolute Gasteiger partial charge is 0.490 e. The molecule has 0 aliphatic carbocycles. The van der Waals surface area contributed by atoms with Gasteiger partial charge >= 0.3 is 0 Å². The molecule has 9 heteroatoms. The summed E-state index contributed by atoms with van der Waals surface area (Å²) in [6.07, 6.45) is 1.56. The summed E-state index contributed by atoms with van der Waals surface area (Å²) in [6.45, 7) is 1.97. The van der Waals surface area contributed by atoms with Crippen LogP contribution in [-0.4, -0.2) is 56.9 Å². The van der Waals surface area contributed by atoms with Crippen molar-refractivity contribution in [2.24, 2.45) is 0 Å². The number of thiophene rings is 1. The molecule has 1 aromatic carbocycles. The number of carbonyl (C=O) groups is 1. The van der Waals surface area contributed by atoms with Crippen LogP contribution in [0.25, 0.3) is 0 Å². The fourth-order valence-electron chi connectivity index (χ4n) is 3.32. The number of hydrogen-bond donors (Lipinski definition) is 0. The molecule has 7 nitrogen and oxygen atoms in total. The molecule has 2 aromatic rings. The summed E-state index contributed by atoms with van der Waals surface area (Å²) >= 11 is 1.70. The Kier molecular flexibility index (Phi) is 5.31. The standard InChI is InChI=1S/C19H22N2O5S2/c1-20(13-19(22)21-7-5-18-14(12-21)6-10-27-18)28(23,24)15-3-4-16-17(11-15)26-9-2-8-25-16/h3-4,6,10-11H,2,5,7-9,12-13H2,1H3. The van der Waals surface area contributed by atoms with E-state index in [4.69, 9.17) is 9.47 Å². The first-order valence-electron chi connectivity index (χ1n) is 9.14. The first-order chi connectivity index (χ1) is 13.4. The minimum absolute atomic E-state index is 0.0887. The molecule has 3 heterocycles. The summed E-state index contributed by atoms with van der Waals surface area (Å²) in [5.41, 5.74) is 1.15. The quantitative estimate of drug-likeness (QED) is 0.754. The van der Waals surface area contributed by atoms with Gasteiger partial charge in [-0.05, 0) is 35.6 Å². The Hall–Kier alpha value is -2.10. The van der Waals surface area contributed by atoms with E-state index in [2.05, 4.69) is 0 Å². The molecule has 1 aromatic heterocycles. The summed E-state index contributed by atoms with van der Waals surface area (Å²) < 4.78 is 38.1. The summed E-state index contributed by atoms with van der Waals surface area (Å²) in [7, 11) is -2.39. The Morgan fingerprint density at radius 2 is 2.00 bits per heavy atom. The van der Waals surface area contributed by atoms with Gasteiger partial charge in [-0.25, -0.2) is 8.42 Å². The molecule has 0 unspecified atom stereocenters. The zero-order chi connectivity index (χ0) is 19.7. The highest BCUT2D eigenvalue weighted by atomic mass is 32.2. The molecule has 2 aliphatic heterocycles. The van der Waals surface area contributed by atoms with Crippen LogP contribution in [0.15, 0.2) is 34.5 Å². The topological polar surface area (TPSA) is 76.2 Å². The fraction of sp³-hybridized carbons (Fsp3) is 0.421. The third-order valence-corrected chi connectivity index (χ3v) is 7.77. The number of sulfonamides is 1. The van der Waals surface area contributed by atoms with Crippen molar-refractivity contribution >= 4 is 27.3 Å². The monoisotopic (exact) mass is 422 g/mol. The lowest BCUT2D eigenvalue weighted by Crippen LogP contribution is -2.43. The number of ether oxygens (including phenoxy) is 2. The van der Waals surface area contributed by atoms with E-state index in [-0.39, 0.29) is 17.3 Å². The maximum Gasteiger partial charge on any atom is 0.243 e. The van der Waals surface area contributed by atoms with E-state index in [1.807, 2.05) is 11.4 Å². The van der Waals surface area contributed by atoms with E-state index < -0.39 is 10.0 Å². The minimum atomic E-state index is -3.82.